The second-order valence-corrected chi connectivity index (χ2v) is 3.85. The molecule has 0 atom stereocenters. The minimum atomic E-state index is 0.0774. The number of rotatable bonds is 3. The van der Waals surface area contributed by atoms with Crippen LogP contribution in [0.3, 0.4) is 0 Å². The summed E-state index contributed by atoms with van der Waals surface area (Å²) in [4.78, 5) is 18.4. The fraction of sp³-hybridized carbons (Fsp3) is 0.286. The fourth-order valence-corrected chi connectivity index (χ4v) is 1.97. The Morgan fingerprint density at radius 1 is 1.18 bits per heavy atom. The van der Waals surface area contributed by atoms with Gasteiger partial charge in [0.15, 0.2) is 0 Å². The van der Waals surface area contributed by atoms with Gasteiger partial charge in [-0.2, -0.15) is 0 Å². The van der Waals surface area contributed by atoms with Crippen molar-refractivity contribution in [3.63, 3.8) is 0 Å². The zero-order chi connectivity index (χ0) is 12.3. The van der Waals surface area contributed by atoms with Gasteiger partial charge in [0.1, 0.15) is 0 Å². The number of benzene rings is 1. The fourth-order valence-electron chi connectivity index (χ4n) is 1.97. The first-order valence-electron chi connectivity index (χ1n) is 5.91. The maximum atomic E-state index is 12.3. The van der Waals surface area contributed by atoms with E-state index in [1.165, 1.54) is 0 Å². The van der Waals surface area contributed by atoms with Gasteiger partial charge >= 0.3 is 0 Å². The van der Waals surface area contributed by atoms with Crippen molar-refractivity contribution in [3.05, 3.63) is 42.1 Å². The second kappa shape index (κ2) is 4.95. The summed E-state index contributed by atoms with van der Waals surface area (Å²) >= 11 is 0. The van der Waals surface area contributed by atoms with Crippen LogP contribution < -0.4 is 0 Å². The Bertz CT molecular complexity index is 527. The molecule has 2 rings (SSSR count). The average Bonchev–Trinajstić information content (AvgIpc) is 2.39. The molecule has 0 aliphatic rings. The first kappa shape index (κ1) is 11.6. The molecule has 17 heavy (non-hydrogen) atoms. The Balaban J connectivity index is 2.52. The van der Waals surface area contributed by atoms with Gasteiger partial charge in [0, 0.05) is 30.2 Å². The molecule has 0 saturated heterocycles. The maximum Gasteiger partial charge on any atom is 0.254 e. The summed E-state index contributed by atoms with van der Waals surface area (Å²) < 4.78 is 0. The van der Waals surface area contributed by atoms with Crippen molar-refractivity contribution in [2.24, 2.45) is 0 Å². The van der Waals surface area contributed by atoms with Crippen LogP contribution in [0, 0.1) is 0 Å². The van der Waals surface area contributed by atoms with Gasteiger partial charge in [-0.15, -0.1) is 0 Å². The molecule has 0 fully saturated rings. The normalized spacial score (nSPS) is 10.5. The Morgan fingerprint density at radius 2 is 1.94 bits per heavy atom. The Kier molecular flexibility index (Phi) is 3.38. The number of nitrogens with zero attached hydrogens (tertiary/aromatic N) is 2. The number of carbonyl (C=O) groups excluding carboxylic acids is 1. The van der Waals surface area contributed by atoms with E-state index in [9.17, 15) is 4.79 Å². The lowest BCUT2D eigenvalue weighted by molar-refractivity contribution is 0.0775. The predicted molar refractivity (Wildman–Crippen MR) is 69.0 cm³/mol. The number of carbonyl (C=O) groups is 1. The first-order chi connectivity index (χ1) is 8.27. The molecule has 2 aromatic rings. The minimum Gasteiger partial charge on any atom is -0.339 e. The lowest BCUT2D eigenvalue weighted by atomic mass is 10.1. The highest BCUT2D eigenvalue weighted by molar-refractivity contribution is 6.06. The first-order valence-corrected chi connectivity index (χ1v) is 5.91. The number of pyridine rings is 1. The lowest BCUT2D eigenvalue weighted by Crippen LogP contribution is -2.30. The molecule has 1 heterocycles. The third kappa shape index (κ3) is 2.13. The lowest BCUT2D eigenvalue weighted by Gasteiger charge is -2.19. The summed E-state index contributed by atoms with van der Waals surface area (Å²) in [5.41, 5.74) is 1.60. The summed E-state index contributed by atoms with van der Waals surface area (Å²) in [6, 6.07) is 9.48. The zero-order valence-electron chi connectivity index (χ0n) is 10.2. The molecule has 1 amide bonds. The smallest absolute Gasteiger partial charge is 0.254 e. The van der Waals surface area contributed by atoms with E-state index in [4.69, 9.17) is 0 Å². The molecule has 3 heteroatoms. The van der Waals surface area contributed by atoms with Crippen LogP contribution in [0.5, 0.6) is 0 Å². The van der Waals surface area contributed by atoms with Crippen molar-refractivity contribution in [1.82, 2.24) is 9.88 Å². The van der Waals surface area contributed by atoms with Gasteiger partial charge in [0.25, 0.3) is 5.91 Å². The van der Waals surface area contributed by atoms with Crippen molar-refractivity contribution < 1.29 is 4.79 Å². The summed E-state index contributed by atoms with van der Waals surface area (Å²) in [6.07, 6.45) is 1.74. The van der Waals surface area contributed by atoms with Crippen molar-refractivity contribution >= 4 is 16.8 Å². The van der Waals surface area contributed by atoms with Crippen LogP contribution in [0.4, 0.5) is 0 Å². The standard InChI is InChI=1S/C14H16N2O/c1-3-16(4-2)14(17)12-7-5-9-13-11(12)8-6-10-15-13/h5-10H,3-4H2,1-2H3. The molecule has 0 radical (unpaired) electrons. The minimum absolute atomic E-state index is 0.0774. The molecular formula is C14H16N2O. The third-order valence-electron chi connectivity index (χ3n) is 2.93. The Morgan fingerprint density at radius 3 is 2.65 bits per heavy atom. The maximum absolute atomic E-state index is 12.3. The molecule has 3 nitrogen and oxygen atoms in total. The number of amides is 1. The second-order valence-electron chi connectivity index (χ2n) is 3.85. The van der Waals surface area contributed by atoms with Gasteiger partial charge in [-0.3, -0.25) is 9.78 Å². The monoisotopic (exact) mass is 228 g/mol. The van der Waals surface area contributed by atoms with Gasteiger partial charge in [0.2, 0.25) is 0 Å². The van der Waals surface area contributed by atoms with Gasteiger partial charge in [-0.25, -0.2) is 0 Å². The molecule has 88 valence electrons. The molecular weight excluding hydrogens is 212 g/mol. The van der Waals surface area contributed by atoms with Crippen molar-refractivity contribution in [2.75, 3.05) is 13.1 Å². The van der Waals surface area contributed by atoms with Crippen molar-refractivity contribution in [3.8, 4) is 0 Å². The molecule has 0 spiro atoms. The van der Waals surface area contributed by atoms with Gasteiger partial charge in [-0.1, -0.05) is 12.1 Å². The number of hydrogen-bond acceptors (Lipinski definition) is 2. The molecule has 0 saturated carbocycles. The van der Waals surface area contributed by atoms with Crippen LogP contribution in [0.15, 0.2) is 36.5 Å². The summed E-state index contributed by atoms with van der Waals surface area (Å²) in [6.45, 7) is 5.44. The third-order valence-corrected chi connectivity index (χ3v) is 2.93. The average molecular weight is 228 g/mol. The molecule has 0 unspecified atom stereocenters. The Labute approximate surface area is 101 Å². The van der Waals surface area contributed by atoms with Crippen LogP contribution in [-0.4, -0.2) is 28.9 Å². The Hall–Kier alpha value is -1.90. The zero-order valence-corrected chi connectivity index (χ0v) is 10.2. The van der Waals surface area contributed by atoms with Gasteiger partial charge in [0.05, 0.1) is 5.52 Å². The van der Waals surface area contributed by atoms with Crippen LogP contribution in [0.2, 0.25) is 0 Å². The van der Waals surface area contributed by atoms with Gasteiger partial charge in [-0.05, 0) is 32.0 Å². The molecule has 1 aromatic carbocycles. The van der Waals surface area contributed by atoms with Crippen LogP contribution in [0.1, 0.15) is 24.2 Å². The summed E-state index contributed by atoms with van der Waals surface area (Å²) in [5, 5.41) is 0.923. The van der Waals surface area contributed by atoms with E-state index < -0.39 is 0 Å². The van der Waals surface area contributed by atoms with Crippen LogP contribution >= 0.6 is 0 Å². The number of aromatic nitrogens is 1. The van der Waals surface area contributed by atoms with E-state index in [2.05, 4.69) is 4.98 Å². The molecule has 0 aliphatic heterocycles. The predicted octanol–water partition coefficient (Wildman–Crippen LogP) is 2.72. The van der Waals surface area contributed by atoms with E-state index in [0.29, 0.717) is 0 Å². The van der Waals surface area contributed by atoms with Crippen LogP contribution in [-0.2, 0) is 0 Å². The van der Waals surface area contributed by atoms with Crippen LogP contribution in [0.25, 0.3) is 10.9 Å². The number of hydrogen-bond donors (Lipinski definition) is 0. The SMILES string of the molecule is CCN(CC)C(=O)c1cccc2ncccc12. The molecule has 0 aliphatic carbocycles. The highest BCUT2D eigenvalue weighted by Gasteiger charge is 2.14. The van der Waals surface area contributed by atoms with E-state index in [-0.39, 0.29) is 5.91 Å². The van der Waals surface area contributed by atoms with E-state index in [0.717, 1.165) is 29.6 Å². The highest BCUT2D eigenvalue weighted by atomic mass is 16.2. The van der Waals surface area contributed by atoms with Crippen molar-refractivity contribution in [1.29, 1.82) is 0 Å². The van der Waals surface area contributed by atoms with E-state index >= 15 is 0 Å². The topological polar surface area (TPSA) is 33.2 Å². The summed E-state index contributed by atoms with van der Waals surface area (Å²) in [7, 11) is 0. The summed E-state index contributed by atoms with van der Waals surface area (Å²) in [5.74, 6) is 0.0774. The van der Waals surface area contributed by atoms with E-state index in [1.54, 1.807) is 6.20 Å². The van der Waals surface area contributed by atoms with E-state index in [1.807, 2.05) is 49.1 Å². The van der Waals surface area contributed by atoms with Crippen molar-refractivity contribution in [2.45, 2.75) is 13.8 Å². The number of fused-ring (bicyclic) bond motifs is 1. The van der Waals surface area contributed by atoms with Gasteiger partial charge < -0.3 is 4.90 Å². The highest BCUT2D eigenvalue weighted by Crippen LogP contribution is 2.18. The quantitative estimate of drug-likeness (QED) is 0.809. The largest absolute Gasteiger partial charge is 0.339 e. The molecule has 0 bridgehead atoms. The molecule has 1 aromatic heterocycles. The molecule has 0 N–H and O–H groups in total.